The lowest BCUT2D eigenvalue weighted by molar-refractivity contribution is 0.0385. The van der Waals surface area contributed by atoms with Crippen LogP contribution in [0.3, 0.4) is 0 Å². The molecule has 2 aromatic heterocycles. The van der Waals surface area contributed by atoms with Crippen LogP contribution in [0, 0.1) is 0 Å². The van der Waals surface area contributed by atoms with Crippen molar-refractivity contribution in [1.82, 2.24) is 24.3 Å². The third-order valence-corrected chi connectivity index (χ3v) is 7.43. The molecule has 4 aromatic rings. The number of piperidine rings is 1. The fourth-order valence-corrected chi connectivity index (χ4v) is 5.55. The van der Waals surface area contributed by atoms with Gasteiger partial charge in [-0.05, 0) is 77.8 Å². The van der Waals surface area contributed by atoms with E-state index < -0.39 is 11.7 Å². The standard InChI is InChI=1S/C30H37N5O3/c1-7-34-24-13-9-8-11-20(24)18-26(34)27-31-23-17-21(14-15-25(23)33(27)6)28(36)35-16-10-12-22(19(35)2)32-29(37)38-30(3,4)5/h8-9,11,13-15,17-19,22H,7,10,12,16H2,1-6H3,(H,32,37). The Bertz CT molecular complexity index is 1510. The van der Waals surface area contributed by atoms with Crippen LogP contribution in [0.25, 0.3) is 33.5 Å². The molecule has 5 rings (SSSR count). The van der Waals surface area contributed by atoms with Crippen molar-refractivity contribution in [2.75, 3.05) is 6.54 Å². The van der Waals surface area contributed by atoms with Gasteiger partial charge in [-0.15, -0.1) is 0 Å². The highest BCUT2D eigenvalue weighted by Crippen LogP contribution is 2.31. The Hall–Kier alpha value is -3.81. The molecule has 0 spiro atoms. The molecule has 0 radical (unpaired) electrons. The zero-order valence-electron chi connectivity index (χ0n) is 23.1. The van der Waals surface area contributed by atoms with Gasteiger partial charge >= 0.3 is 6.09 Å². The van der Waals surface area contributed by atoms with Gasteiger partial charge in [0.15, 0.2) is 5.82 Å². The summed E-state index contributed by atoms with van der Waals surface area (Å²) >= 11 is 0. The van der Waals surface area contributed by atoms with Crippen LogP contribution < -0.4 is 5.32 Å². The molecule has 2 amide bonds. The van der Waals surface area contributed by atoms with Gasteiger partial charge in [0, 0.05) is 42.6 Å². The summed E-state index contributed by atoms with van der Waals surface area (Å²) in [6.45, 7) is 11.1. The number of likely N-dealkylation sites (tertiary alicyclic amines) is 1. The molecule has 1 N–H and O–H groups in total. The number of aromatic nitrogens is 3. The number of rotatable bonds is 4. The van der Waals surface area contributed by atoms with Gasteiger partial charge in [-0.25, -0.2) is 9.78 Å². The van der Waals surface area contributed by atoms with E-state index in [0.29, 0.717) is 12.1 Å². The fourth-order valence-electron chi connectivity index (χ4n) is 5.55. The molecular weight excluding hydrogens is 478 g/mol. The molecule has 0 aliphatic carbocycles. The van der Waals surface area contributed by atoms with E-state index in [1.807, 2.05) is 63.9 Å². The van der Waals surface area contributed by atoms with Crippen LogP contribution in [0.4, 0.5) is 4.79 Å². The highest BCUT2D eigenvalue weighted by Gasteiger charge is 2.33. The fraction of sp³-hybridized carbons (Fsp3) is 0.433. The lowest BCUT2D eigenvalue weighted by Crippen LogP contribution is -2.56. The molecule has 200 valence electrons. The first-order chi connectivity index (χ1) is 18.1. The summed E-state index contributed by atoms with van der Waals surface area (Å²) in [5.41, 5.74) is 4.03. The maximum Gasteiger partial charge on any atom is 0.407 e. The van der Waals surface area contributed by atoms with Gasteiger partial charge in [-0.1, -0.05) is 18.2 Å². The molecule has 1 aliphatic rings. The predicted octanol–water partition coefficient (Wildman–Crippen LogP) is 5.73. The average molecular weight is 516 g/mol. The molecule has 1 aliphatic heterocycles. The maximum atomic E-state index is 13.6. The number of aryl methyl sites for hydroxylation is 2. The molecule has 2 atom stereocenters. The van der Waals surface area contributed by atoms with Gasteiger partial charge < -0.3 is 24.1 Å². The first-order valence-electron chi connectivity index (χ1n) is 13.4. The van der Waals surface area contributed by atoms with E-state index in [2.05, 4.69) is 45.6 Å². The van der Waals surface area contributed by atoms with Crippen molar-refractivity contribution in [3.63, 3.8) is 0 Å². The number of carbonyl (C=O) groups is 2. The van der Waals surface area contributed by atoms with Crippen molar-refractivity contribution < 1.29 is 14.3 Å². The number of fused-ring (bicyclic) bond motifs is 2. The van der Waals surface area contributed by atoms with Gasteiger partial charge in [0.1, 0.15) is 5.60 Å². The van der Waals surface area contributed by atoms with Crippen LogP contribution in [0.15, 0.2) is 48.5 Å². The van der Waals surface area contributed by atoms with E-state index in [4.69, 9.17) is 9.72 Å². The van der Waals surface area contributed by atoms with Crippen LogP contribution in [-0.2, 0) is 18.3 Å². The summed E-state index contributed by atoms with van der Waals surface area (Å²) in [7, 11) is 2.02. The van der Waals surface area contributed by atoms with Gasteiger partial charge in [-0.3, -0.25) is 4.79 Å². The Kier molecular flexibility index (Phi) is 6.67. The average Bonchev–Trinajstić information content (AvgIpc) is 3.40. The van der Waals surface area contributed by atoms with E-state index in [1.54, 1.807) is 0 Å². The highest BCUT2D eigenvalue weighted by atomic mass is 16.6. The maximum absolute atomic E-state index is 13.6. The van der Waals surface area contributed by atoms with Crippen molar-refractivity contribution >= 4 is 33.9 Å². The van der Waals surface area contributed by atoms with Crippen LogP contribution >= 0.6 is 0 Å². The Balaban J connectivity index is 1.42. The van der Waals surface area contributed by atoms with Gasteiger partial charge in [0.2, 0.25) is 0 Å². The molecule has 0 saturated carbocycles. The Labute approximate surface area is 223 Å². The normalized spacial score (nSPS) is 18.2. The Morgan fingerprint density at radius 2 is 1.87 bits per heavy atom. The number of alkyl carbamates (subject to hydrolysis) is 1. The van der Waals surface area contributed by atoms with Crippen molar-refractivity contribution in [2.24, 2.45) is 7.05 Å². The predicted molar refractivity (Wildman–Crippen MR) is 150 cm³/mol. The SMILES string of the molecule is CCn1c(-c2nc3cc(C(=O)N4CCCC(NC(=O)OC(C)(C)C)C4C)ccc3n2C)cc2ccccc21. The molecule has 3 heterocycles. The number of hydrogen-bond acceptors (Lipinski definition) is 4. The first kappa shape index (κ1) is 25.8. The zero-order valence-corrected chi connectivity index (χ0v) is 23.1. The van der Waals surface area contributed by atoms with Crippen molar-refractivity contribution in [3.05, 3.63) is 54.1 Å². The Morgan fingerprint density at radius 1 is 1.11 bits per heavy atom. The van der Waals surface area contributed by atoms with E-state index in [1.165, 1.54) is 10.9 Å². The van der Waals surface area contributed by atoms with Crippen molar-refractivity contribution in [3.8, 4) is 11.5 Å². The van der Waals surface area contributed by atoms with E-state index in [-0.39, 0.29) is 18.0 Å². The lowest BCUT2D eigenvalue weighted by Gasteiger charge is -2.39. The molecule has 1 fully saturated rings. The number of carbonyl (C=O) groups excluding carboxylic acids is 2. The third kappa shape index (κ3) is 4.75. The third-order valence-electron chi connectivity index (χ3n) is 7.43. The summed E-state index contributed by atoms with van der Waals surface area (Å²) in [6.07, 6.45) is 1.17. The lowest BCUT2D eigenvalue weighted by atomic mass is 9.96. The van der Waals surface area contributed by atoms with E-state index >= 15 is 0 Å². The second-order valence-corrected chi connectivity index (χ2v) is 11.2. The number of imidazole rings is 1. The Morgan fingerprint density at radius 3 is 2.61 bits per heavy atom. The molecule has 8 nitrogen and oxygen atoms in total. The zero-order chi connectivity index (χ0) is 27.2. The number of para-hydroxylation sites is 1. The smallest absolute Gasteiger partial charge is 0.407 e. The molecule has 2 unspecified atom stereocenters. The van der Waals surface area contributed by atoms with E-state index in [0.717, 1.165) is 41.9 Å². The summed E-state index contributed by atoms with van der Waals surface area (Å²) in [4.78, 5) is 32.8. The molecule has 0 bridgehead atoms. The molecule has 2 aromatic carbocycles. The number of nitrogens with zero attached hydrogens (tertiary/aromatic N) is 4. The summed E-state index contributed by atoms with van der Waals surface area (Å²) in [6, 6.07) is 16.0. The molecular formula is C30H37N5O3. The van der Waals surface area contributed by atoms with Crippen LogP contribution in [-0.4, -0.2) is 55.2 Å². The van der Waals surface area contributed by atoms with Gasteiger partial charge in [0.05, 0.1) is 22.8 Å². The van der Waals surface area contributed by atoms with Gasteiger partial charge in [0.25, 0.3) is 5.91 Å². The number of hydrogen-bond donors (Lipinski definition) is 1. The quantitative estimate of drug-likeness (QED) is 0.376. The second kappa shape index (κ2) is 9.82. The summed E-state index contributed by atoms with van der Waals surface area (Å²) < 4.78 is 9.80. The largest absolute Gasteiger partial charge is 0.444 e. The highest BCUT2D eigenvalue weighted by molar-refractivity contribution is 5.98. The van der Waals surface area contributed by atoms with Crippen LogP contribution in [0.5, 0.6) is 0 Å². The topological polar surface area (TPSA) is 81.4 Å². The van der Waals surface area contributed by atoms with Crippen LogP contribution in [0.2, 0.25) is 0 Å². The number of nitrogens with one attached hydrogen (secondary N) is 1. The van der Waals surface area contributed by atoms with Crippen LogP contribution in [0.1, 0.15) is 57.8 Å². The molecule has 38 heavy (non-hydrogen) atoms. The second-order valence-electron chi connectivity index (χ2n) is 11.2. The van der Waals surface area contributed by atoms with Gasteiger partial charge in [-0.2, -0.15) is 0 Å². The summed E-state index contributed by atoms with van der Waals surface area (Å²) in [5.74, 6) is 0.820. The minimum atomic E-state index is -0.570. The summed E-state index contributed by atoms with van der Waals surface area (Å²) in [5, 5.41) is 4.15. The molecule has 8 heteroatoms. The monoisotopic (exact) mass is 515 g/mol. The van der Waals surface area contributed by atoms with E-state index in [9.17, 15) is 9.59 Å². The minimum Gasteiger partial charge on any atom is -0.444 e. The minimum absolute atomic E-state index is 0.0510. The number of ether oxygens (including phenoxy) is 1. The molecule has 1 saturated heterocycles. The van der Waals surface area contributed by atoms with Crippen molar-refractivity contribution in [1.29, 1.82) is 0 Å². The number of amides is 2. The number of benzene rings is 2. The first-order valence-corrected chi connectivity index (χ1v) is 13.4. The van der Waals surface area contributed by atoms with Crippen molar-refractivity contribution in [2.45, 2.75) is 71.7 Å².